The normalized spacial score (nSPS) is 11.4. The van der Waals surface area contributed by atoms with Gasteiger partial charge >= 0.3 is 0 Å². The lowest BCUT2D eigenvalue weighted by atomic mass is 10.1. The fourth-order valence-corrected chi connectivity index (χ4v) is 4.28. The molecule has 0 atom stereocenters. The van der Waals surface area contributed by atoms with Crippen molar-refractivity contribution in [1.29, 1.82) is 0 Å². The van der Waals surface area contributed by atoms with Crippen molar-refractivity contribution in [2.24, 2.45) is 0 Å². The van der Waals surface area contributed by atoms with Gasteiger partial charge in [0.15, 0.2) is 9.84 Å². The summed E-state index contributed by atoms with van der Waals surface area (Å²) in [5.41, 5.74) is 1.96. The minimum atomic E-state index is -3.58. The minimum Gasteiger partial charge on any atom is -0.303 e. The van der Waals surface area contributed by atoms with Crippen molar-refractivity contribution in [1.82, 2.24) is 15.0 Å². The average Bonchev–Trinajstić information content (AvgIpc) is 2.77. The van der Waals surface area contributed by atoms with Gasteiger partial charge in [0.25, 0.3) is 5.91 Å². The van der Waals surface area contributed by atoms with Gasteiger partial charge in [0.1, 0.15) is 11.5 Å². The van der Waals surface area contributed by atoms with Crippen LogP contribution in [0.2, 0.25) is 5.15 Å². The molecule has 0 unspecified atom stereocenters. The van der Waals surface area contributed by atoms with Crippen molar-refractivity contribution < 1.29 is 13.2 Å². The molecule has 156 valence electrons. The first kappa shape index (κ1) is 20.9. The molecular formula is C22H17ClN4O3S. The molecule has 0 aliphatic carbocycles. The number of nitrogens with zero attached hydrogens (tertiary/aromatic N) is 4. The monoisotopic (exact) mass is 452 g/mol. The summed E-state index contributed by atoms with van der Waals surface area (Å²) in [5, 5.41) is 1.26. The summed E-state index contributed by atoms with van der Waals surface area (Å²) in [4.78, 5) is 27.0. The summed E-state index contributed by atoms with van der Waals surface area (Å²) in [6.07, 6.45) is 5.23. The fourth-order valence-electron chi connectivity index (χ4n) is 3.24. The highest BCUT2D eigenvalue weighted by atomic mass is 35.5. The summed E-state index contributed by atoms with van der Waals surface area (Å²) in [7, 11) is -3.58. The summed E-state index contributed by atoms with van der Waals surface area (Å²) in [6.45, 7) is 0.115. The molecule has 2 aromatic carbocycles. The van der Waals surface area contributed by atoms with E-state index in [9.17, 15) is 13.2 Å². The van der Waals surface area contributed by atoms with Crippen LogP contribution in [0, 0.1) is 0 Å². The number of carbonyl (C=O) groups excluding carboxylic acids is 1. The second kappa shape index (κ2) is 8.41. The third-order valence-electron chi connectivity index (χ3n) is 4.67. The van der Waals surface area contributed by atoms with Crippen molar-refractivity contribution in [2.45, 2.75) is 11.4 Å². The quantitative estimate of drug-likeness (QED) is 0.426. The first-order chi connectivity index (χ1) is 14.8. The van der Waals surface area contributed by atoms with Gasteiger partial charge < -0.3 is 4.90 Å². The Kier molecular flexibility index (Phi) is 5.67. The van der Waals surface area contributed by atoms with E-state index in [1.807, 2.05) is 24.3 Å². The van der Waals surface area contributed by atoms with Crippen molar-refractivity contribution in [3.8, 4) is 0 Å². The molecule has 0 aliphatic rings. The molecule has 31 heavy (non-hydrogen) atoms. The van der Waals surface area contributed by atoms with Gasteiger partial charge in [0, 0.05) is 24.0 Å². The number of hydrogen-bond donors (Lipinski definition) is 0. The summed E-state index contributed by atoms with van der Waals surface area (Å²) in [6, 6.07) is 15.5. The number of hydrogen-bond acceptors (Lipinski definition) is 6. The number of rotatable bonds is 5. The number of aromatic nitrogens is 3. The molecule has 0 saturated carbocycles. The Morgan fingerprint density at radius 1 is 1.03 bits per heavy atom. The molecule has 0 radical (unpaired) electrons. The van der Waals surface area contributed by atoms with Gasteiger partial charge in [0.2, 0.25) is 0 Å². The highest BCUT2D eigenvalue weighted by Gasteiger charge is 2.24. The van der Waals surface area contributed by atoms with Crippen LogP contribution in [0.5, 0.6) is 0 Å². The lowest BCUT2D eigenvalue weighted by molar-refractivity contribution is 0.0984. The lowest BCUT2D eigenvalue weighted by Gasteiger charge is -2.25. The van der Waals surface area contributed by atoms with Gasteiger partial charge in [-0.2, -0.15) is 0 Å². The third kappa shape index (κ3) is 4.55. The van der Waals surface area contributed by atoms with Crippen molar-refractivity contribution in [3.63, 3.8) is 0 Å². The number of fused-ring (bicyclic) bond motifs is 1. The van der Waals surface area contributed by atoms with E-state index in [-0.39, 0.29) is 22.7 Å². The second-order valence-electron chi connectivity index (χ2n) is 6.92. The molecule has 4 rings (SSSR count). The predicted molar refractivity (Wildman–Crippen MR) is 119 cm³/mol. The van der Waals surface area contributed by atoms with Gasteiger partial charge in [-0.1, -0.05) is 35.9 Å². The van der Waals surface area contributed by atoms with E-state index >= 15 is 0 Å². The molecule has 2 heterocycles. The number of carbonyl (C=O) groups is 1. The number of halogens is 1. The Hall–Kier alpha value is -3.36. The van der Waals surface area contributed by atoms with E-state index in [0.29, 0.717) is 10.7 Å². The Morgan fingerprint density at radius 2 is 1.74 bits per heavy atom. The van der Waals surface area contributed by atoms with Crippen LogP contribution < -0.4 is 4.90 Å². The maximum absolute atomic E-state index is 13.4. The minimum absolute atomic E-state index is 0.0576. The first-order valence-electron chi connectivity index (χ1n) is 9.24. The third-order valence-corrected chi connectivity index (χ3v) is 6.03. The molecule has 2 aromatic heterocycles. The molecule has 7 nitrogen and oxygen atoms in total. The molecule has 4 aromatic rings. The molecule has 0 fully saturated rings. The number of sulfone groups is 1. The van der Waals surface area contributed by atoms with Crippen LogP contribution in [0.3, 0.4) is 0 Å². The zero-order valence-electron chi connectivity index (χ0n) is 16.4. The average molecular weight is 453 g/mol. The standard InChI is InChI=1S/C22H17ClN4O3S/c1-31(29,30)20-5-3-2-4-19(20)27(22(28)17-11-24-14-25-12-17)13-15-6-7-16-8-9-21(23)26-18(16)10-15/h2-12,14H,13H2,1H3. The molecule has 0 saturated heterocycles. The molecule has 0 spiro atoms. The Bertz CT molecular complexity index is 1380. The summed E-state index contributed by atoms with van der Waals surface area (Å²) < 4.78 is 24.8. The zero-order chi connectivity index (χ0) is 22.0. The van der Waals surface area contributed by atoms with Gasteiger partial charge in [-0.25, -0.2) is 23.4 Å². The summed E-state index contributed by atoms with van der Waals surface area (Å²) in [5.74, 6) is -0.421. The van der Waals surface area contributed by atoms with Gasteiger partial charge in [0.05, 0.1) is 28.2 Å². The van der Waals surface area contributed by atoms with Crippen LogP contribution in [-0.4, -0.2) is 35.5 Å². The number of pyridine rings is 1. The van der Waals surface area contributed by atoms with E-state index in [1.54, 1.807) is 24.3 Å². The SMILES string of the molecule is CS(=O)(=O)c1ccccc1N(Cc1ccc2ccc(Cl)nc2c1)C(=O)c1cncnc1. The Balaban J connectivity index is 1.83. The Labute approximate surface area is 184 Å². The van der Waals surface area contributed by atoms with Gasteiger partial charge in [-0.15, -0.1) is 0 Å². The lowest BCUT2D eigenvalue weighted by Crippen LogP contribution is -2.31. The van der Waals surface area contributed by atoms with Crippen molar-refractivity contribution in [3.05, 3.63) is 89.6 Å². The Morgan fingerprint density at radius 3 is 2.48 bits per heavy atom. The highest BCUT2D eigenvalue weighted by molar-refractivity contribution is 7.90. The summed E-state index contributed by atoms with van der Waals surface area (Å²) >= 11 is 6.02. The number of benzene rings is 2. The predicted octanol–water partition coefficient (Wildman–Crippen LogP) is 3.93. The van der Waals surface area contributed by atoms with E-state index < -0.39 is 15.7 Å². The number of amides is 1. The number of anilines is 1. The van der Waals surface area contributed by atoms with Crippen LogP contribution in [-0.2, 0) is 16.4 Å². The van der Waals surface area contributed by atoms with E-state index in [2.05, 4.69) is 15.0 Å². The van der Waals surface area contributed by atoms with Crippen LogP contribution in [0.4, 0.5) is 5.69 Å². The highest BCUT2D eigenvalue weighted by Crippen LogP contribution is 2.28. The van der Waals surface area contributed by atoms with E-state index in [1.165, 1.54) is 29.7 Å². The first-order valence-corrected chi connectivity index (χ1v) is 11.5. The number of para-hydroxylation sites is 1. The fraction of sp³-hybridized carbons (Fsp3) is 0.0909. The maximum atomic E-state index is 13.4. The van der Waals surface area contributed by atoms with Crippen LogP contribution in [0.25, 0.3) is 10.9 Å². The van der Waals surface area contributed by atoms with Crippen molar-refractivity contribution in [2.75, 3.05) is 11.2 Å². The smallest absolute Gasteiger partial charge is 0.261 e. The molecular weight excluding hydrogens is 436 g/mol. The second-order valence-corrected chi connectivity index (χ2v) is 9.29. The topological polar surface area (TPSA) is 93.1 Å². The van der Waals surface area contributed by atoms with Gasteiger partial charge in [-0.3, -0.25) is 4.79 Å². The zero-order valence-corrected chi connectivity index (χ0v) is 18.0. The van der Waals surface area contributed by atoms with Crippen LogP contribution >= 0.6 is 11.6 Å². The molecule has 0 aliphatic heterocycles. The molecule has 9 heteroatoms. The van der Waals surface area contributed by atoms with E-state index in [0.717, 1.165) is 17.2 Å². The van der Waals surface area contributed by atoms with Crippen LogP contribution in [0.1, 0.15) is 15.9 Å². The largest absolute Gasteiger partial charge is 0.303 e. The van der Waals surface area contributed by atoms with Gasteiger partial charge in [-0.05, 0) is 35.9 Å². The van der Waals surface area contributed by atoms with E-state index in [4.69, 9.17) is 11.6 Å². The molecule has 0 bridgehead atoms. The van der Waals surface area contributed by atoms with Crippen LogP contribution in [0.15, 0.2) is 78.2 Å². The maximum Gasteiger partial charge on any atom is 0.261 e. The van der Waals surface area contributed by atoms with Crippen molar-refractivity contribution >= 4 is 43.9 Å². The molecule has 1 amide bonds. The molecule has 0 N–H and O–H groups in total.